The molecule has 1 heterocycles. The lowest BCUT2D eigenvalue weighted by atomic mass is 10.5. The number of nitrogens with zero attached hydrogens (tertiary/aromatic N) is 3. The number of aromatic nitrogens is 3. The van der Waals surface area contributed by atoms with Gasteiger partial charge in [-0.05, 0) is 6.92 Å². The van der Waals surface area contributed by atoms with E-state index in [9.17, 15) is 4.79 Å². The van der Waals surface area contributed by atoms with Gasteiger partial charge >= 0.3 is 5.97 Å². The third-order valence-electron chi connectivity index (χ3n) is 1.08. The van der Waals surface area contributed by atoms with Crippen LogP contribution in [0, 0.1) is 0 Å². The van der Waals surface area contributed by atoms with E-state index in [4.69, 9.17) is 5.11 Å². The van der Waals surface area contributed by atoms with E-state index in [1.54, 1.807) is 0 Å². The fraction of sp³-hybridized carbons (Fsp3) is 0.400. The first-order chi connectivity index (χ1) is 4.74. The lowest BCUT2D eigenvalue weighted by molar-refractivity contribution is 0.0690. The average Bonchev–Trinajstić information content (AvgIpc) is 2.34. The topological polar surface area (TPSA) is 68.0 Å². The standard InChI is InChI=1S/C5H7N3O2.ClH/c1-2-8-3-4(5(9)10)6-7-8;/h3H,2H2,1H3,(H,9,10);1H. The molecule has 0 unspecified atom stereocenters. The summed E-state index contributed by atoms with van der Waals surface area (Å²) in [7, 11) is 0. The van der Waals surface area contributed by atoms with Gasteiger partial charge in [-0.1, -0.05) is 5.21 Å². The molecule has 5 nitrogen and oxygen atoms in total. The van der Waals surface area contributed by atoms with Crippen LogP contribution in [0.25, 0.3) is 0 Å². The van der Waals surface area contributed by atoms with Crippen molar-refractivity contribution in [2.75, 3.05) is 0 Å². The summed E-state index contributed by atoms with van der Waals surface area (Å²) < 4.78 is 1.46. The van der Waals surface area contributed by atoms with Crippen molar-refractivity contribution in [3.05, 3.63) is 11.9 Å². The largest absolute Gasteiger partial charge is 0.476 e. The molecule has 0 aliphatic heterocycles. The molecule has 0 aromatic carbocycles. The summed E-state index contributed by atoms with van der Waals surface area (Å²) in [6.45, 7) is 2.50. The first-order valence-electron chi connectivity index (χ1n) is 2.87. The van der Waals surface area contributed by atoms with Crippen LogP contribution >= 0.6 is 12.4 Å². The Morgan fingerprint density at radius 2 is 2.45 bits per heavy atom. The molecule has 6 heteroatoms. The monoisotopic (exact) mass is 177 g/mol. The number of rotatable bonds is 2. The second-order valence-corrected chi connectivity index (χ2v) is 1.76. The molecule has 0 aliphatic carbocycles. The molecule has 0 atom stereocenters. The maximum atomic E-state index is 10.2. The minimum Gasteiger partial charge on any atom is -0.476 e. The molecular formula is C5H8ClN3O2. The van der Waals surface area contributed by atoms with Gasteiger partial charge in [-0.25, -0.2) is 4.79 Å². The Morgan fingerprint density at radius 3 is 2.73 bits per heavy atom. The van der Waals surface area contributed by atoms with E-state index in [1.807, 2.05) is 6.92 Å². The quantitative estimate of drug-likeness (QED) is 0.711. The Hall–Kier alpha value is -1.10. The summed E-state index contributed by atoms with van der Waals surface area (Å²) in [5.74, 6) is -1.04. The van der Waals surface area contributed by atoms with Gasteiger partial charge in [-0.2, -0.15) is 0 Å². The number of carboxylic acid groups (broad SMARTS) is 1. The van der Waals surface area contributed by atoms with E-state index in [0.717, 1.165) is 0 Å². The van der Waals surface area contributed by atoms with Crippen LogP contribution in [-0.4, -0.2) is 26.1 Å². The Balaban J connectivity index is 0.000001000. The molecule has 0 spiro atoms. The number of carbonyl (C=O) groups is 1. The molecule has 0 amide bonds. The van der Waals surface area contributed by atoms with Crippen molar-refractivity contribution in [2.45, 2.75) is 13.5 Å². The predicted octanol–water partition coefficient (Wildman–Crippen LogP) is 0.418. The van der Waals surface area contributed by atoms with Gasteiger partial charge in [0.1, 0.15) is 0 Å². The van der Waals surface area contributed by atoms with Gasteiger partial charge < -0.3 is 5.11 Å². The minimum absolute atomic E-state index is 0. The van der Waals surface area contributed by atoms with Crippen molar-refractivity contribution in [3.8, 4) is 0 Å². The molecule has 0 saturated carbocycles. The van der Waals surface area contributed by atoms with Crippen molar-refractivity contribution in [1.29, 1.82) is 0 Å². The maximum Gasteiger partial charge on any atom is 0.358 e. The van der Waals surface area contributed by atoms with Crippen molar-refractivity contribution in [3.63, 3.8) is 0 Å². The Labute approximate surface area is 69.4 Å². The zero-order chi connectivity index (χ0) is 7.56. The maximum absolute atomic E-state index is 10.2. The first kappa shape index (κ1) is 9.90. The second-order valence-electron chi connectivity index (χ2n) is 1.76. The highest BCUT2D eigenvalue weighted by atomic mass is 35.5. The van der Waals surface area contributed by atoms with E-state index < -0.39 is 5.97 Å². The summed E-state index contributed by atoms with van der Waals surface area (Å²) in [6.07, 6.45) is 1.39. The van der Waals surface area contributed by atoms with E-state index in [1.165, 1.54) is 10.9 Å². The Kier molecular flexibility index (Phi) is 3.53. The smallest absolute Gasteiger partial charge is 0.358 e. The molecule has 0 aliphatic rings. The number of aryl methyl sites for hydroxylation is 1. The SMILES string of the molecule is CCn1cc(C(=O)O)nn1.Cl. The highest BCUT2D eigenvalue weighted by Gasteiger charge is 2.05. The third-order valence-corrected chi connectivity index (χ3v) is 1.08. The van der Waals surface area contributed by atoms with Crippen molar-refractivity contribution in [2.24, 2.45) is 0 Å². The van der Waals surface area contributed by atoms with E-state index in [0.29, 0.717) is 6.54 Å². The fourth-order valence-electron chi connectivity index (χ4n) is 0.551. The molecule has 1 aromatic rings. The zero-order valence-electron chi connectivity index (χ0n) is 5.89. The first-order valence-corrected chi connectivity index (χ1v) is 2.87. The zero-order valence-corrected chi connectivity index (χ0v) is 6.71. The summed E-state index contributed by atoms with van der Waals surface area (Å²) in [6, 6.07) is 0. The lowest BCUT2D eigenvalue weighted by Gasteiger charge is -1.86. The molecule has 0 saturated heterocycles. The van der Waals surface area contributed by atoms with Gasteiger partial charge in [-0.3, -0.25) is 4.68 Å². The summed E-state index contributed by atoms with van der Waals surface area (Å²) in [4.78, 5) is 10.2. The lowest BCUT2D eigenvalue weighted by Crippen LogP contribution is -1.95. The number of carboxylic acids is 1. The Bertz CT molecular complexity index is 248. The van der Waals surface area contributed by atoms with Crippen LogP contribution in [0.4, 0.5) is 0 Å². The van der Waals surface area contributed by atoms with Crippen LogP contribution in [0.3, 0.4) is 0 Å². The molecule has 62 valence electrons. The van der Waals surface area contributed by atoms with Gasteiger partial charge in [0.25, 0.3) is 0 Å². The van der Waals surface area contributed by atoms with Crippen molar-refractivity contribution < 1.29 is 9.90 Å². The average molecular weight is 178 g/mol. The van der Waals surface area contributed by atoms with Crippen LogP contribution in [0.2, 0.25) is 0 Å². The molecule has 1 aromatic heterocycles. The Morgan fingerprint density at radius 1 is 1.82 bits per heavy atom. The number of halogens is 1. The van der Waals surface area contributed by atoms with Crippen LogP contribution < -0.4 is 0 Å². The third kappa shape index (κ3) is 2.19. The van der Waals surface area contributed by atoms with Gasteiger partial charge in [0.15, 0.2) is 5.69 Å². The highest BCUT2D eigenvalue weighted by molar-refractivity contribution is 5.85. The normalized spacial score (nSPS) is 8.82. The molecule has 1 rings (SSSR count). The molecule has 0 fully saturated rings. The molecule has 1 N–H and O–H groups in total. The van der Waals surface area contributed by atoms with E-state index in [2.05, 4.69) is 10.3 Å². The minimum atomic E-state index is -1.04. The molecule has 0 bridgehead atoms. The van der Waals surface area contributed by atoms with Crippen molar-refractivity contribution >= 4 is 18.4 Å². The number of hydrogen-bond acceptors (Lipinski definition) is 3. The van der Waals surface area contributed by atoms with Gasteiger partial charge in [-0.15, -0.1) is 17.5 Å². The second kappa shape index (κ2) is 3.92. The number of hydrogen-bond donors (Lipinski definition) is 1. The summed E-state index contributed by atoms with van der Waals surface area (Å²) in [5.41, 5.74) is -0.0122. The van der Waals surface area contributed by atoms with Crippen LogP contribution in [0.5, 0.6) is 0 Å². The van der Waals surface area contributed by atoms with Crippen LogP contribution in [0.1, 0.15) is 17.4 Å². The molecule has 11 heavy (non-hydrogen) atoms. The van der Waals surface area contributed by atoms with E-state index in [-0.39, 0.29) is 18.1 Å². The molecule has 0 radical (unpaired) electrons. The van der Waals surface area contributed by atoms with Crippen molar-refractivity contribution in [1.82, 2.24) is 15.0 Å². The van der Waals surface area contributed by atoms with E-state index >= 15 is 0 Å². The summed E-state index contributed by atoms with van der Waals surface area (Å²) >= 11 is 0. The summed E-state index contributed by atoms with van der Waals surface area (Å²) in [5, 5.41) is 15.3. The number of aromatic carboxylic acids is 1. The van der Waals surface area contributed by atoms with Crippen LogP contribution in [0.15, 0.2) is 6.20 Å². The van der Waals surface area contributed by atoms with Gasteiger partial charge in [0.05, 0.1) is 6.20 Å². The van der Waals surface area contributed by atoms with Gasteiger partial charge in [0.2, 0.25) is 0 Å². The highest BCUT2D eigenvalue weighted by Crippen LogP contribution is 1.90. The fourth-order valence-corrected chi connectivity index (χ4v) is 0.551. The van der Waals surface area contributed by atoms with Crippen LogP contribution in [-0.2, 0) is 6.54 Å². The van der Waals surface area contributed by atoms with Gasteiger partial charge in [0, 0.05) is 6.54 Å². The predicted molar refractivity (Wildman–Crippen MR) is 39.9 cm³/mol. The molecular weight excluding hydrogens is 170 g/mol.